The number of fused-ring (bicyclic) bond motifs is 1. The van der Waals surface area contributed by atoms with E-state index in [1.165, 1.54) is 35.7 Å². The molecule has 0 fully saturated rings. The van der Waals surface area contributed by atoms with E-state index in [2.05, 4.69) is 15.3 Å². The summed E-state index contributed by atoms with van der Waals surface area (Å²) >= 11 is 1.43. The summed E-state index contributed by atoms with van der Waals surface area (Å²) in [6, 6.07) is 11.8. The van der Waals surface area contributed by atoms with Gasteiger partial charge in [-0.25, -0.2) is 9.97 Å². The number of methoxy groups -OCH3 is 1. The highest BCUT2D eigenvalue weighted by atomic mass is 32.1. The molecule has 0 spiro atoms. The molecule has 0 saturated heterocycles. The zero-order valence-corrected chi connectivity index (χ0v) is 19.9. The van der Waals surface area contributed by atoms with Crippen LogP contribution in [0.15, 0.2) is 54.7 Å². The zero-order chi connectivity index (χ0) is 25.2. The number of alkyl halides is 3. The molecular formula is C25H24F4N4OS. The number of nitrogens with one attached hydrogen (secondary N) is 1. The third-order valence-corrected chi connectivity index (χ3v) is 6.93. The van der Waals surface area contributed by atoms with E-state index < -0.39 is 17.7 Å². The lowest BCUT2D eigenvalue weighted by molar-refractivity contribution is -0.137. The lowest BCUT2D eigenvalue weighted by Gasteiger charge is -2.21. The number of anilines is 1. The molecule has 0 amide bonds. The van der Waals surface area contributed by atoms with Gasteiger partial charge in [0.05, 0.1) is 22.7 Å². The van der Waals surface area contributed by atoms with E-state index in [1.54, 1.807) is 7.11 Å². The first-order valence-electron chi connectivity index (χ1n) is 10.9. The molecule has 1 unspecified atom stereocenters. The van der Waals surface area contributed by atoms with Gasteiger partial charge in [-0.2, -0.15) is 17.6 Å². The maximum atomic E-state index is 13.6. The van der Waals surface area contributed by atoms with Gasteiger partial charge in [-0.15, -0.1) is 0 Å². The molecule has 4 rings (SSSR count). The molecule has 5 nitrogen and oxygen atoms in total. The quantitative estimate of drug-likeness (QED) is 0.221. The molecule has 0 radical (unpaired) electrons. The minimum atomic E-state index is -4.37. The summed E-state index contributed by atoms with van der Waals surface area (Å²) in [4.78, 5) is 9.20. The highest BCUT2D eigenvalue weighted by Crippen LogP contribution is 2.35. The average molecular weight is 505 g/mol. The van der Waals surface area contributed by atoms with E-state index >= 15 is 0 Å². The van der Waals surface area contributed by atoms with Gasteiger partial charge in [-0.05, 0) is 40.6 Å². The van der Waals surface area contributed by atoms with E-state index in [-0.39, 0.29) is 12.0 Å². The molecule has 4 aromatic rings. The summed E-state index contributed by atoms with van der Waals surface area (Å²) in [6.45, 7) is 2.54. The number of aromatic nitrogens is 2. The number of nitrogens with two attached hydrogens (primary N) is 1. The second-order valence-corrected chi connectivity index (χ2v) is 9.25. The average Bonchev–Trinajstić information content (AvgIpc) is 3.24. The Morgan fingerprint density at radius 2 is 1.83 bits per heavy atom. The van der Waals surface area contributed by atoms with Crippen molar-refractivity contribution < 1.29 is 22.3 Å². The van der Waals surface area contributed by atoms with Crippen LogP contribution in [-0.4, -0.2) is 29.7 Å². The van der Waals surface area contributed by atoms with Gasteiger partial charge in [0.15, 0.2) is 5.13 Å². The summed E-state index contributed by atoms with van der Waals surface area (Å²) in [5, 5.41) is 5.44. The Morgan fingerprint density at radius 3 is 2.51 bits per heavy atom. The third-order valence-electron chi connectivity index (χ3n) is 5.82. The number of pyridine rings is 1. The van der Waals surface area contributed by atoms with Crippen molar-refractivity contribution in [2.24, 2.45) is 5.73 Å². The summed E-state index contributed by atoms with van der Waals surface area (Å²) in [6.07, 6.45) is -2.88. The highest BCUT2D eigenvalue weighted by molar-refractivity contribution is 7.19. The number of benzene rings is 2. The number of nitrogens with zero attached hydrogens (tertiary/aromatic N) is 2. The van der Waals surface area contributed by atoms with Gasteiger partial charge in [0.1, 0.15) is 0 Å². The van der Waals surface area contributed by atoms with E-state index in [1.807, 2.05) is 25.1 Å². The first kappa shape index (κ1) is 25.0. The molecule has 0 aliphatic carbocycles. The van der Waals surface area contributed by atoms with Crippen molar-refractivity contribution in [1.82, 2.24) is 9.97 Å². The van der Waals surface area contributed by atoms with Gasteiger partial charge in [0.2, 0.25) is 5.95 Å². The number of thiazole rings is 1. The molecule has 0 saturated carbocycles. The van der Waals surface area contributed by atoms with Crippen molar-refractivity contribution in [2.45, 2.75) is 31.7 Å². The molecule has 0 aliphatic rings. The van der Waals surface area contributed by atoms with Crippen LogP contribution in [-0.2, 0) is 17.5 Å². The monoisotopic (exact) mass is 504 g/mol. The normalized spacial score (nSPS) is 13.7. The van der Waals surface area contributed by atoms with E-state index in [4.69, 9.17) is 10.5 Å². The molecule has 2 heterocycles. The minimum Gasteiger partial charge on any atom is -0.378 e. The van der Waals surface area contributed by atoms with E-state index in [0.29, 0.717) is 18.3 Å². The van der Waals surface area contributed by atoms with Crippen LogP contribution < -0.4 is 11.1 Å². The van der Waals surface area contributed by atoms with Crippen LogP contribution in [0.25, 0.3) is 21.2 Å². The fourth-order valence-electron chi connectivity index (χ4n) is 3.75. The number of rotatable bonds is 8. The van der Waals surface area contributed by atoms with Gasteiger partial charge in [0, 0.05) is 37.3 Å². The number of ether oxygens (including phenoxy) is 1. The Labute approximate surface area is 204 Å². The number of hydrogen-bond donors (Lipinski definition) is 2. The van der Waals surface area contributed by atoms with Crippen molar-refractivity contribution in [2.75, 3.05) is 19.0 Å². The predicted octanol–water partition coefficient (Wildman–Crippen LogP) is 6.21. The van der Waals surface area contributed by atoms with Gasteiger partial charge in [0.25, 0.3) is 0 Å². The van der Waals surface area contributed by atoms with Crippen LogP contribution in [0, 0.1) is 5.95 Å². The third kappa shape index (κ3) is 5.77. The maximum Gasteiger partial charge on any atom is 0.416 e. The first-order chi connectivity index (χ1) is 16.7. The Balaban J connectivity index is 1.49. The summed E-state index contributed by atoms with van der Waals surface area (Å²) in [5.41, 5.74) is 7.99. The standard InChI is InChI=1S/C25H24F4N4OS/c1-14(15-5-7-19(8-6-15)25(27,28)29)20(30)12-32-24-33-21(13-34-2)23(35-24)16-3-4-17-11-31-22(26)10-18(17)9-16/h3-11,14,20H,12-13,30H2,1-2H3,(H,32,33)/t14-,20?/m0/s1. The topological polar surface area (TPSA) is 73.1 Å². The molecule has 0 bridgehead atoms. The lowest BCUT2D eigenvalue weighted by Crippen LogP contribution is -2.34. The minimum absolute atomic E-state index is 0.174. The molecule has 184 valence electrons. The van der Waals surface area contributed by atoms with Crippen LogP contribution in [0.1, 0.15) is 29.7 Å². The van der Waals surface area contributed by atoms with E-state index in [9.17, 15) is 17.6 Å². The highest BCUT2D eigenvalue weighted by Gasteiger charge is 2.30. The van der Waals surface area contributed by atoms with Crippen molar-refractivity contribution in [3.05, 3.63) is 77.5 Å². The Morgan fingerprint density at radius 1 is 1.09 bits per heavy atom. The van der Waals surface area contributed by atoms with Crippen molar-refractivity contribution in [3.8, 4) is 10.4 Å². The van der Waals surface area contributed by atoms with Crippen LogP contribution in [0.3, 0.4) is 0 Å². The zero-order valence-electron chi connectivity index (χ0n) is 19.1. The fourth-order valence-corrected chi connectivity index (χ4v) is 4.72. The second kappa shape index (κ2) is 10.3. The second-order valence-electron chi connectivity index (χ2n) is 8.25. The number of hydrogen-bond acceptors (Lipinski definition) is 6. The van der Waals surface area contributed by atoms with Gasteiger partial charge in [-0.1, -0.05) is 42.5 Å². The maximum absolute atomic E-state index is 13.6. The van der Waals surface area contributed by atoms with Crippen molar-refractivity contribution >= 4 is 27.2 Å². The largest absolute Gasteiger partial charge is 0.416 e. The SMILES string of the molecule is COCc1nc(NCC(N)[C@@H](C)c2ccc(C(F)(F)F)cc2)sc1-c1ccc2cnc(F)cc2c1. The Hall–Kier alpha value is -3.08. The molecular weight excluding hydrogens is 480 g/mol. The van der Waals surface area contributed by atoms with E-state index in [0.717, 1.165) is 44.6 Å². The summed E-state index contributed by atoms with van der Waals surface area (Å²) in [7, 11) is 1.58. The number of halogens is 4. The first-order valence-corrected chi connectivity index (χ1v) is 11.7. The van der Waals surface area contributed by atoms with Crippen LogP contribution in [0.4, 0.5) is 22.7 Å². The van der Waals surface area contributed by atoms with Gasteiger partial charge in [-0.3, -0.25) is 0 Å². The lowest BCUT2D eigenvalue weighted by atomic mass is 9.93. The molecule has 0 aliphatic heterocycles. The Kier molecular flexibility index (Phi) is 7.34. The van der Waals surface area contributed by atoms with Gasteiger partial charge >= 0.3 is 6.18 Å². The van der Waals surface area contributed by atoms with Crippen LogP contribution >= 0.6 is 11.3 Å². The molecule has 2 atom stereocenters. The van der Waals surface area contributed by atoms with Gasteiger partial charge < -0.3 is 15.8 Å². The fraction of sp³-hybridized carbons (Fsp3) is 0.280. The summed E-state index contributed by atoms with van der Waals surface area (Å²) < 4.78 is 57.4. The van der Waals surface area contributed by atoms with Crippen LogP contribution in [0.5, 0.6) is 0 Å². The van der Waals surface area contributed by atoms with Crippen molar-refractivity contribution in [1.29, 1.82) is 0 Å². The molecule has 2 aromatic heterocycles. The molecule has 3 N–H and O–H groups in total. The molecule has 2 aromatic carbocycles. The Bertz CT molecular complexity index is 1310. The molecule has 35 heavy (non-hydrogen) atoms. The van der Waals surface area contributed by atoms with Crippen LogP contribution in [0.2, 0.25) is 0 Å². The smallest absolute Gasteiger partial charge is 0.378 e. The predicted molar refractivity (Wildman–Crippen MR) is 130 cm³/mol. The summed E-state index contributed by atoms with van der Waals surface area (Å²) in [5.74, 6) is -0.721. The van der Waals surface area contributed by atoms with Crippen molar-refractivity contribution in [3.63, 3.8) is 0 Å². The molecule has 10 heteroatoms.